The van der Waals surface area contributed by atoms with E-state index < -0.39 is 38.9 Å². The lowest BCUT2D eigenvalue weighted by Crippen LogP contribution is -2.37. The van der Waals surface area contributed by atoms with Crippen molar-refractivity contribution in [2.45, 2.75) is 11.8 Å². The number of nitrogen functional groups attached to an aromatic ring is 1. The average Bonchev–Trinajstić information content (AvgIpc) is 2.38. The van der Waals surface area contributed by atoms with Crippen molar-refractivity contribution in [2.24, 2.45) is 0 Å². The van der Waals surface area contributed by atoms with Gasteiger partial charge in [0.1, 0.15) is 4.90 Å². The quantitative estimate of drug-likeness (QED) is 0.522. The first kappa shape index (κ1) is 17.2. The van der Waals surface area contributed by atoms with Crippen molar-refractivity contribution in [1.82, 2.24) is 10.0 Å². The Balaban J connectivity index is 3.08. The van der Waals surface area contributed by atoms with Gasteiger partial charge in [0.2, 0.25) is 15.9 Å². The second kappa shape index (κ2) is 6.70. The first-order valence-electron chi connectivity index (χ1n) is 5.40. The number of hydrogen-bond acceptors (Lipinski definition) is 4. The molecule has 20 heavy (non-hydrogen) atoms. The highest BCUT2D eigenvalue weighted by Crippen LogP contribution is 2.34. The summed E-state index contributed by atoms with van der Waals surface area (Å²) in [6, 6.07) is 0.914. The fraction of sp³-hybridized carbons (Fsp3) is 0.300. The monoisotopic (exact) mass is 387 g/mol. The van der Waals surface area contributed by atoms with Crippen LogP contribution in [0.1, 0.15) is 6.92 Å². The van der Waals surface area contributed by atoms with Gasteiger partial charge >= 0.3 is 0 Å². The maximum atomic E-state index is 13.9. The summed E-state index contributed by atoms with van der Waals surface area (Å²) in [5.74, 6) is -1.67. The summed E-state index contributed by atoms with van der Waals surface area (Å²) < 4.78 is 39.7. The summed E-state index contributed by atoms with van der Waals surface area (Å²) in [6.07, 6.45) is 0. The maximum absolute atomic E-state index is 13.9. The minimum absolute atomic E-state index is 0.0534. The summed E-state index contributed by atoms with van der Waals surface area (Å²) in [6.45, 7) is 1.52. The van der Waals surface area contributed by atoms with E-state index in [9.17, 15) is 17.6 Å². The molecular formula is C10H12BrClFN3O3S. The molecule has 6 nitrogen and oxygen atoms in total. The molecule has 0 bridgehead atoms. The number of benzene rings is 1. The van der Waals surface area contributed by atoms with E-state index >= 15 is 0 Å². The predicted molar refractivity (Wildman–Crippen MR) is 77.4 cm³/mol. The van der Waals surface area contributed by atoms with Gasteiger partial charge in [-0.3, -0.25) is 4.79 Å². The normalized spacial score (nSPS) is 11.4. The molecule has 0 heterocycles. The number of nitrogens with two attached hydrogens (primary N) is 1. The number of rotatable bonds is 5. The number of sulfonamides is 1. The van der Waals surface area contributed by atoms with Gasteiger partial charge in [-0.1, -0.05) is 11.6 Å². The summed E-state index contributed by atoms with van der Waals surface area (Å²) in [5.41, 5.74) is 4.99. The van der Waals surface area contributed by atoms with Crippen LogP contribution in [0.25, 0.3) is 0 Å². The summed E-state index contributed by atoms with van der Waals surface area (Å²) in [7, 11) is -4.24. The Hall–Kier alpha value is -0.900. The number of nitrogens with one attached hydrogen (secondary N) is 2. The molecule has 112 valence electrons. The van der Waals surface area contributed by atoms with Gasteiger partial charge in [-0.25, -0.2) is 17.5 Å². The molecule has 1 aromatic rings. The number of carbonyl (C=O) groups is 1. The van der Waals surface area contributed by atoms with Crippen molar-refractivity contribution in [3.05, 3.63) is 21.4 Å². The third-order valence-electron chi connectivity index (χ3n) is 2.24. The maximum Gasteiger partial charge on any atom is 0.244 e. The Kier molecular flexibility index (Phi) is 5.75. The fourth-order valence-electron chi connectivity index (χ4n) is 1.29. The molecule has 0 atom stereocenters. The molecule has 0 aliphatic rings. The van der Waals surface area contributed by atoms with E-state index in [0.717, 1.165) is 6.07 Å². The summed E-state index contributed by atoms with van der Waals surface area (Å²) >= 11 is 8.68. The van der Waals surface area contributed by atoms with Gasteiger partial charge < -0.3 is 11.1 Å². The molecule has 0 saturated heterocycles. The third-order valence-corrected chi connectivity index (χ3v) is 5.02. The van der Waals surface area contributed by atoms with Crippen molar-refractivity contribution in [3.8, 4) is 0 Å². The van der Waals surface area contributed by atoms with E-state index in [1.807, 2.05) is 4.72 Å². The predicted octanol–water partition coefficient (Wildman–Crippen LogP) is 1.24. The van der Waals surface area contributed by atoms with E-state index in [-0.39, 0.29) is 9.50 Å². The minimum atomic E-state index is -4.24. The molecule has 0 aromatic heterocycles. The smallest absolute Gasteiger partial charge is 0.244 e. The fourth-order valence-corrected chi connectivity index (χ4v) is 2.95. The zero-order valence-corrected chi connectivity index (χ0v) is 13.5. The number of carbonyl (C=O) groups excluding carboxylic acids is 1. The van der Waals surface area contributed by atoms with Crippen LogP contribution in [0.2, 0.25) is 5.02 Å². The first-order valence-corrected chi connectivity index (χ1v) is 8.05. The Bertz CT molecular complexity index is 639. The van der Waals surface area contributed by atoms with Gasteiger partial charge in [0, 0.05) is 6.54 Å². The lowest BCUT2D eigenvalue weighted by Gasteiger charge is -2.11. The van der Waals surface area contributed by atoms with Crippen molar-refractivity contribution in [3.63, 3.8) is 0 Å². The SMILES string of the molecule is CCNC(=O)CNS(=O)(=O)c1cc(Cl)c(Br)c(N)c1F. The summed E-state index contributed by atoms with van der Waals surface area (Å²) in [5, 5.41) is 2.34. The first-order chi connectivity index (χ1) is 9.20. The van der Waals surface area contributed by atoms with Gasteiger partial charge in [-0.05, 0) is 28.9 Å². The molecule has 1 rings (SSSR count). The zero-order chi connectivity index (χ0) is 15.5. The van der Waals surface area contributed by atoms with E-state index in [2.05, 4.69) is 21.2 Å². The highest BCUT2D eigenvalue weighted by Gasteiger charge is 2.24. The third kappa shape index (κ3) is 3.81. The van der Waals surface area contributed by atoms with Crippen LogP contribution in [0.5, 0.6) is 0 Å². The van der Waals surface area contributed by atoms with Crippen LogP contribution in [-0.2, 0) is 14.8 Å². The minimum Gasteiger partial charge on any atom is -0.395 e. The molecular weight excluding hydrogens is 377 g/mol. The van der Waals surface area contributed by atoms with Crippen LogP contribution < -0.4 is 15.8 Å². The molecule has 10 heteroatoms. The largest absolute Gasteiger partial charge is 0.395 e. The Labute approximate surface area is 129 Å². The molecule has 1 aromatic carbocycles. The Morgan fingerprint density at radius 3 is 2.70 bits per heavy atom. The lowest BCUT2D eigenvalue weighted by molar-refractivity contribution is -0.119. The number of halogens is 3. The standard InChI is InChI=1S/C10H12BrClFN3O3S/c1-2-15-7(17)4-16-20(18,19)6-3-5(12)8(11)10(14)9(6)13/h3,16H,2,4,14H2,1H3,(H,15,17). The van der Waals surface area contributed by atoms with Crippen LogP contribution >= 0.6 is 27.5 Å². The highest BCUT2D eigenvalue weighted by atomic mass is 79.9. The van der Waals surface area contributed by atoms with E-state index in [1.165, 1.54) is 0 Å². The highest BCUT2D eigenvalue weighted by molar-refractivity contribution is 9.10. The van der Waals surface area contributed by atoms with Gasteiger partial charge in [-0.15, -0.1) is 0 Å². The average molecular weight is 389 g/mol. The molecule has 0 radical (unpaired) electrons. The molecule has 0 aliphatic heterocycles. The second-order valence-electron chi connectivity index (χ2n) is 3.68. The summed E-state index contributed by atoms with van der Waals surface area (Å²) in [4.78, 5) is 10.5. The molecule has 1 amide bonds. The van der Waals surface area contributed by atoms with E-state index in [0.29, 0.717) is 6.54 Å². The molecule has 0 spiro atoms. The number of anilines is 1. The molecule has 4 N–H and O–H groups in total. The van der Waals surface area contributed by atoms with E-state index in [4.69, 9.17) is 17.3 Å². The van der Waals surface area contributed by atoms with Crippen LogP contribution in [0.4, 0.5) is 10.1 Å². The van der Waals surface area contributed by atoms with Crippen LogP contribution in [0, 0.1) is 5.82 Å². The molecule has 0 saturated carbocycles. The van der Waals surface area contributed by atoms with Gasteiger partial charge in [0.05, 0.1) is 21.7 Å². The number of hydrogen-bond donors (Lipinski definition) is 3. The number of amides is 1. The van der Waals surface area contributed by atoms with E-state index in [1.54, 1.807) is 6.92 Å². The van der Waals surface area contributed by atoms with Crippen molar-refractivity contribution < 1.29 is 17.6 Å². The van der Waals surface area contributed by atoms with Crippen LogP contribution in [-0.4, -0.2) is 27.4 Å². The molecule has 0 unspecified atom stereocenters. The molecule has 0 aliphatic carbocycles. The second-order valence-corrected chi connectivity index (χ2v) is 6.61. The van der Waals surface area contributed by atoms with Crippen LogP contribution in [0.3, 0.4) is 0 Å². The van der Waals surface area contributed by atoms with Gasteiger partial charge in [0.15, 0.2) is 5.82 Å². The van der Waals surface area contributed by atoms with Crippen molar-refractivity contribution >= 4 is 49.1 Å². The van der Waals surface area contributed by atoms with Crippen molar-refractivity contribution in [1.29, 1.82) is 0 Å². The topological polar surface area (TPSA) is 101 Å². The van der Waals surface area contributed by atoms with Crippen molar-refractivity contribution in [2.75, 3.05) is 18.8 Å². The lowest BCUT2D eigenvalue weighted by atomic mass is 10.3. The zero-order valence-electron chi connectivity index (χ0n) is 10.3. The van der Waals surface area contributed by atoms with Gasteiger partial charge in [-0.2, -0.15) is 0 Å². The Morgan fingerprint density at radius 2 is 2.15 bits per heavy atom. The van der Waals surface area contributed by atoms with Gasteiger partial charge in [0.25, 0.3) is 0 Å². The molecule has 0 fully saturated rings. The van der Waals surface area contributed by atoms with Crippen LogP contribution in [0.15, 0.2) is 15.4 Å². The Morgan fingerprint density at radius 1 is 1.55 bits per heavy atom. The number of likely N-dealkylation sites (N-methyl/N-ethyl adjacent to an activating group) is 1.